The molecule has 3 nitrogen and oxygen atoms in total. The number of nitrogens with one attached hydrogen (secondary N) is 1. The summed E-state index contributed by atoms with van der Waals surface area (Å²) in [5.41, 5.74) is 3.14. The topological polar surface area (TPSA) is 46.2 Å². The van der Waals surface area contributed by atoms with E-state index in [0.717, 1.165) is 22.1 Å². The van der Waals surface area contributed by atoms with Crippen LogP contribution in [0.15, 0.2) is 78.9 Å². The second-order valence-corrected chi connectivity index (χ2v) is 7.03. The van der Waals surface area contributed by atoms with Gasteiger partial charge in [0, 0.05) is 12.8 Å². The fourth-order valence-corrected chi connectivity index (χ4v) is 3.86. The van der Waals surface area contributed by atoms with Crippen molar-refractivity contribution in [2.45, 2.75) is 25.3 Å². The minimum Gasteiger partial charge on any atom is -0.346 e. The third kappa shape index (κ3) is 3.54. The Morgan fingerprint density at radius 3 is 2.37 bits per heavy atom. The zero-order valence-electron chi connectivity index (χ0n) is 15.2. The number of ketones is 1. The number of rotatable bonds is 3. The van der Waals surface area contributed by atoms with Crippen molar-refractivity contribution in [1.82, 2.24) is 5.32 Å². The smallest absolute Gasteiger partial charge is 0.217 e. The van der Waals surface area contributed by atoms with Crippen LogP contribution in [0.1, 0.15) is 30.4 Å². The van der Waals surface area contributed by atoms with Gasteiger partial charge in [-0.1, -0.05) is 66.7 Å². The molecule has 0 radical (unpaired) electrons. The zero-order valence-corrected chi connectivity index (χ0v) is 15.2. The van der Waals surface area contributed by atoms with E-state index >= 15 is 0 Å². The SMILES string of the molecule is CC(=O)NC1C(=O)C=C(c2ccc3ccccc3c2)CC1c1ccccc1. The molecule has 0 aromatic heterocycles. The summed E-state index contributed by atoms with van der Waals surface area (Å²) < 4.78 is 0. The molecule has 27 heavy (non-hydrogen) atoms. The van der Waals surface area contributed by atoms with Gasteiger partial charge in [0.2, 0.25) is 5.91 Å². The normalized spacial score (nSPS) is 19.6. The number of fused-ring (bicyclic) bond motifs is 1. The molecule has 3 heteroatoms. The zero-order chi connectivity index (χ0) is 18.8. The van der Waals surface area contributed by atoms with Crippen LogP contribution in [0, 0.1) is 0 Å². The molecule has 0 aliphatic heterocycles. The van der Waals surface area contributed by atoms with Crippen LogP contribution in [0.4, 0.5) is 0 Å². The standard InChI is InChI=1S/C24H21NO2/c1-16(26)25-24-22(18-8-3-2-4-9-18)14-21(15-23(24)27)20-12-11-17-7-5-6-10-19(17)13-20/h2-13,15,22,24H,14H2,1H3,(H,25,26). The molecular weight excluding hydrogens is 334 g/mol. The largest absolute Gasteiger partial charge is 0.346 e. The second kappa shape index (κ2) is 7.20. The van der Waals surface area contributed by atoms with Gasteiger partial charge in [0.05, 0.1) is 6.04 Å². The summed E-state index contributed by atoms with van der Waals surface area (Å²) >= 11 is 0. The predicted molar refractivity (Wildman–Crippen MR) is 108 cm³/mol. The monoisotopic (exact) mass is 355 g/mol. The lowest BCUT2D eigenvalue weighted by Crippen LogP contribution is -2.45. The maximum Gasteiger partial charge on any atom is 0.217 e. The van der Waals surface area contributed by atoms with Gasteiger partial charge in [0.15, 0.2) is 5.78 Å². The second-order valence-electron chi connectivity index (χ2n) is 7.03. The molecule has 1 aliphatic carbocycles. The third-order valence-electron chi connectivity index (χ3n) is 5.17. The maximum absolute atomic E-state index is 12.9. The van der Waals surface area contributed by atoms with Gasteiger partial charge in [-0.3, -0.25) is 9.59 Å². The van der Waals surface area contributed by atoms with Crippen molar-refractivity contribution in [3.63, 3.8) is 0 Å². The Labute approximate surface area is 158 Å². The number of carbonyl (C=O) groups excluding carboxylic acids is 2. The predicted octanol–water partition coefficient (Wildman–Crippen LogP) is 4.48. The Morgan fingerprint density at radius 2 is 1.63 bits per heavy atom. The lowest BCUT2D eigenvalue weighted by molar-refractivity contribution is -0.125. The number of hydrogen-bond acceptors (Lipinski definition) is 2. The van der Waals surface area contributed by atoms with Crippen LogP contribution in [-0.2, 0) is 9.59 Å². The van der Waals surface area contributed by atoms with E-state index in [9.17, 15) is 9.59 Å². The fraction of sp³-hybridized carbons (Fsp3) is 0.167. The Balaban J connectivity index is 1.75. The highest BCUT2D eigenvalue weighted by Crippen LogP contribution is 2.37. The van der Waals surface area contributed by atoms with Crippen molar-refractivity contribution in [2.75, 3.05) is 0 Å². The molecule has 4 rings (SSSR count). The van der Waals surface area contributed by atoms with Gasteiger partial charge in [0.1, 0.15) is 0 Å². The molecule has 1 amide bonds. The van der Waals surface area contributed by atoms with E-state index in [1.807, 2.05) is 42.5 Å². The van der Waals surface area contributed by atoms with Crippen molar-refractivity contribution >= 4 is 28.0 Å². The molecule has 0 bridgehead atoms. The van der Waals surface area contributed by atoms with Crippen molar-refractivity contribution in [3.8, 4) is 0 Å². The van der Waals surface area contributed by atoms with Crippen LogP contribution in [-0.4, -0.2) is 17.7 Å². The van der Waals surface area contributed by atoms with Gasteiger partial charge < -0.3 is 5.32 Å². The molecule has 2 atom stereocenters. The summed E-state index contributed by atoms with van der Waals surface area (Å²) in [6.45, 7) is 1.46. The summed E-state index contributed by atoms with van der Waals surface area (Å²) in [5, 5.41) is 5.19. The molecule has 1 N–H and O–H groups in total. The van der Waals surface area contributed by atoms with Crippen molar-refractivity contribution in [2.24, 2.45) is 0 Å². The molecule has 3 aromatic carbocycles. The Kier molecular flexibility index (Phi) is 4.59. The van der Waals surface area contributed by atoms with Gasteiger partial charge >= 0.3 is 0 Å². The van der Waals surface area contributed by atoms with Gasteiger partial charge in [-0.2, -0.15) is 0 Å². The molecule has 3 aromatic rings. The number of carbonyl (C=O) groups is 2. The molecule has 0 saturated heterocycles. The first-order chi connectivity index (χ1) is 13.1. The van der Waals surface area contributed by atoms with E-state index in [0.29, 0.717) is 6.42 Å². The third-order valence-corrected chi connectivity index (χ3v) is 5.17. The summed E-state index contributed by atoms with van der Waals surface area (Å²) in [6.07, 6.45) is 2.41. The molecular formula is C24H21NO2. The van der Waals surface area contributed by atoms with E-state index in [4.69, 9.17) is 0 Å². The van der Waals surface area contributed by atoms with Gasteiger partial charge in [0.25, 0.3) is 0 Å². The first-order valence-electron chi connectivity index (χ1n) is 9.17. The Hall–Kier alpha value is -3.20. The fourth-order valence-electron chi connectivity index (χ4n) is 3.86. The van der Waals surface area contributed by atoms with Crippen molar-refractivity contribution in [3.05, 3.63) is 90.0 Å². The van der Waals surface area contributed by atoms with E-state index in [1.165, 1.54) is 12.3 Å². The van der Waals surface area contributed by atoms with E-state index in [1.54, 1.807) is 6.08 Å². The van der Waals surface area contributed by atoms with Crippen molar-refractivity contribution in [1.29, 1.82) is 0 Å². The average molecular weight is 355 g/mol. The number of allylic oxidation sites excluding steroid dienone is 1. The number of benzene rings is 3. The first kappa shape index (κ1) is 17.2. The lowest BCUT2D eigenvalue weighted by Gasteiger charge is -2.31. The highest BCUT2D eigenvalue weighted by molar-refractivity contribution is 6.05. The molecule has 0 heterocycles. The quantitative estimate of drug-likeness (QED) is 0.753. The molecule has 2 unspecified atom stereocenters. The van der Waals surface area contributed by atoms with Crippen LogP contribution in [0.3, 0.4) is 0 Å². The molecule has 0 saturated carbocycles. The minimum absolute atomic E-state index is 0.0477. The van der Waals surface area contributed by atoms with Crippen LogP contribution in [0.2, 0.25) is 0 Å². The van der Waals surface area contributed by atoms with Crippen molar-refractivity contribution < 1.29 is 9.59 Å². The van der Waals surface area contributed by atoms with E-state index in [-0.39, 0.29) is 17.6 Å². The summed E-state index contributed by atoms with van der Waals surface area (Å²) in [6, 6.07) is 23.9. The van der Waals surface area contributed by atoms with Gasteiger partial charge in [-0.25, -0.2) is 0 Å². The summed E-state index contributed by atoms with van der Waals surface area (Å²) in [5.74, 6) is -0.306. The molecule has 0 spiro atoms. The number of amides is 1. The Bertz CT molecular complexity index is 1040. The highest BCUT2D eigenvalue weighted by Gasteiger charge is 2.34. The first-order valence-corrected chi connectivity index (χ1v) is 9.17. The van der Waals surface area contributed by atoms with Crippen LogP contribution in [0.5, 0.6) is 0 Å². The molecule has 0 fully saturated rings. The lowest BCUT2D eigenvalue weighted by atomic mass is 9.77. The average Bonchev–Trinajstić information content (AvgIpc) is 2.69. The van der Waals surface area contributed by atoms with Gasteiger partial charge in [-0.05, 0) is 46.0 Å². The van der Waals surface area contributed by atoms with Crippen LogP contribution >= 0.6 is 0 Å². The highest BCUT2D eigenvalue weighted by atomic mass is 16.2. The maximum atomic E-state index is 12.9. The summed E-state index contributed by atoms with van der Waals surface area (Å²) in [7, 11) is 0. The van der Waals surface area contributed by atoms with Crippen LogP contribution < -0.4 is 5.32 Å². The van der Waals surface area contributed by atoms with E-state index < -0.39 is 6.04 Å². The molecule has 134 valence electrons. The number of hydrogen-bond donors (Lipinski definition) is 1. The Morgan fingerprint density at radius 1 is 0.926 bits per heavy atom. The summed E-state index contributed by atoms with van der Waals surface area (Å²) in [4.78, 5) is 24.5. The minimum atomic E-state index is -0.519. The van der Waals surface area contributed by atoms with Crippen LogP contribution in [0.25, 0.3) is 16.3 Å². The van der Waals surface area contributed by atoms with Gasteiger partial charge in [-0.15, -0.1) is 0 Å². The molecule has 1 aliphatic rings. The van der Waals surface area contributed by atoms with E-state index in [2.05, 4.69) is 35.6 Å².